The summed E-state index contributed by atoms with van der Waals surface area (Å²) in [6, 6.07) is 11.5. The first-order valence-corrected chi connectivity index (χ1v) is 12.5. The third kappa shape index (κ3) is 6.15. The molecule has 2 N–H and O–H groups in total. The van der Waals surface area contributed by atoms with Gasteiger partial charge in [0.2, 0.25) is 0 Å². The van der Waals surface area contributed by atoms with Crippen molar-refractivity contribution in [1.82, 2.24) is 5.43 Å². The number of nitro benzene ring substituents is 1. The smallest absolute Gasteiger partial charge is 0.350 e. The van der Waals surface area contributed by atoms with Crippen molar-refractivity contribution in [2.24, 2.45) is 5.10 Å². The van der Waals surface area contributed by atoms with E-state index in [0.717, 1.165) is 35.9 Å². The van der Waals surface area contributed by atoms with Crippen molar-refractivity contribution in [1.29, 1.82) is 0 Å². The number of benzene rings is 2. The number of anilines is 1. The molecule has 4 rings (SSSR count). The molecule has 0 saturated heterocycles. The number of rotatable bonds is 7. The summed E-state index contributed by atoms with van der Waals surface area (Å²) >= 11 is 1.24. The van der Waals surface area contributed by atoms with Crippen LogP contribution in [0.5, 0.6) is 5.75 Å². The van der Waals surface area contributed by atoms with E-state index in [1.807, 2.05) is 0 Å². The topological polar surface area (TPSA) is 166 Å². The Labute approximate surface area is 225 Å². The van der Waals surface area contributed by atoms with E-state index in [4.69, 9.17) is 9.47 Å². The molecule has 0 unspecified atom stereocenters. The lowest BCUT2D eigenvalue weighted by Gasteiger charge is -2.11. The number of ether oxygens (including phenoxy) is 2. The van der Waals surface area contributed by atoms with E-state index in [1.54, 1.807) is 12.1 Å². The Morgan fingerprint density at radius 1 is 1.00 bits per heavy atom. The van der Waals surface area contributed by atoms with Crippen molar-refractivity contribution in [2.45, 2.75) is 25.7 Å². The predicted octanol–water partition coefficient (Wildman–Crippen LogP) is 3.63. The molecule has 1 aliphatic rings. The number of amides is 2. The van der Waals surface area contributed by atoms with Crippen molar-refractivity contribution in [3.05, 3.63) is 85.8 Å². The van der Waals surface area contributed by atoms with Gasteiger partial charge in [-0.05, 0) is 49.4 Å². The van der Waals surface area contributed by atoms with Crippen LogP contribution in [0, 0.1) is 10.1 Å². The molecular formula is C26H22N4O8S. The number of para-hydroxylation sites is 2. The molecular weight excluding hydrogens is 528 g/mol. The molecule has 0 fully saturated rings. The minimum atomic E-state index is -1.09. The number of esters is 2. The summed E-state index contributed by atoms with van der Waals surface area (Å²) in [5.41, 5.74) is 2.79. The summed E-state index contributed by atoms with van der Waals surface area (Å²) in [6.45, 7) is 0. The number of thiophene rings is 1. The fourth-order valence-electron chi connectivity index (χ4n) is 3.98. The summed E-state index contributed by atoms with van der Waals surface area (Å²) in [5.74, 6) is -3.65. The van der Waals surface area contributed by atoms with Crippen LogP contribution in [0.2, 0.25) is 0 Å². The maximum absolute atomic E-state index is 12.6. The van der Waals surface area contributed by atoms with E-state index in [1.165, 1.54) is 54.8 Å². The maximum atomic E-state index is 12.6. The van der Waals surface area contributed by atoms with Gasteiger partial charge in [0.05, 0.1) is 23.8 Å². The highest BCUT2D eigenvalue weighted by molar-refractivity contribution is 7.17. The number of nitro groups is 1. The van der Waals surface area contributed by atoms with Crippen LogP contribution in [0.25, 0.3) is 0 Å². The molecule has 0 bridgehead atoms. The van der Waals surface area contributed by atoms with E-state index in [2.05, 4.69) is 15.8 Å². The molecule has 0 spiro atoms. The fraction of sp³-hybridized carbons (Fsp3) is 0.192. The van der Waals surface area contributed by atoms with Crippen LogP contribution in [0.1, 0.15) is 49.6 Å². The summed E-state index contributed by atoms with van der Waals surface area (Å²) in [5, 5.41) is 17.7. The van der Waals surface area contributed by atoms with Crippen molar-refractivity contribution >= 4 is 52.0 Å². The number of methoxy groups -OCH3 is 1. The number of carbonyl (C=O) groups excluding carboxylic acids is 4. The van der Waals surface area contributed by atoms with Gasteiger partial charge in [-0.15, -0.1) is 11.3 Å². The minimum Gasteiger partial charge on any atom is -0.465 e. The zero-order chi connectivity index (χ0) is 27.9. The summed E-state index contributed by atoms with van der Waals surface area (Å²) in [4.78, 5) is 61.3. The van der Waals surface area contributed by atoms with Gasteiger partial charge in [0, 0.05) is 16.5 Å². The first-order valence-electron chi connectivity index (χ1n) is 11.7. The molecule has 39 heavy (non-hydrogen) atoms. The van der Waals surface area contributed by atoms with Gasteiger partial charge >= 0.3 is 23.8 Å². The highest BCUT2D eigenvalue weighted by Crippen LogP contribution is 2.38. The second-order valence-electron chi connectivity index (χ2n) is 8.26. The van der Waals surface area contributed by atoms with Crippen LogP contribution >= 0.6 is 11.3 Å². The van der Waals surface area contributed by atoms with Crippen molar-refractivity contribution < 1.29 is 33.6 Å². The van der Waals surface area contributed by atoms with Crippen LogP contribution < -0.4 is 15.5 Å². The molecule has 0 saturated carbocycles. The normalized spacial score (nSPS) is 12.3. The summed E-state index contributed by atoms with van der Waals surface area (Å²) in [6.07, 6.45) is 4.49. The Kier molecular flexibility index (Phi) is 8.41. The number of aryl methyl sites for hydroxylation is 1. The standard InChI is InChI=1S/C26H22N4O8S/c1-37-26(34)21-17-10-4-7-13-20(17)39-24(21)28-22(31)23(32)29-27-14-15-8-2-6-12-19(15)38-25(33)16-9-3-5-11-18(16)30(35)36/h2-3,5-6,8-9,11-12,14H,4,7,10,13H2,1H3,(H,28,31)(H,29,32)/b27-14+. The lowest BCUT2D eigenvalue weighted by Crippen LogP contribution is -2.32. The van der Waals surface area contributed by atoms with Crippen LogP contribution in [0.4, 0.5) is 10.7 Å². The highest BCUT2D eigenvalue weighted by atomic mass is 32.1. The third-order valence-electron chi connectivity index (χ3n) is 5.81. The Hall–Kier alpha value is -4.91. The van der Waals surface area contributed by atoms with Crippen molar-refractivity contribution in [3.8, 4) is 5.75 Å². The van der Waals surface area contributed by atoms with E-state index in [9.17, 15) is 29.3 Å². The van der Waals surface area contributed by atoms with Crippen LogP contribution in [-0.4, -0.2) is 42.0 Å². The van der Waals surface area contributed by atoms with E-state index in [-0.39, 0.29) is 27.4 Å². The van der Waals surface area contributed by atoms with Gasteiger partial charge in [-0.1, -0.05) is 24.3 Å². The number of hydrazone groups is 1. The van der Waals surface area contributed by atoms with Crippen LogP contribution in [-0.2, 0) is 27.2 Å². The second kappa shape index (κ2) is 12.1. The molecule has 13 heteroatoms. The molecule has 0 atom stereocenters. The van der Waals surface area contributed by atoms with E-state index < -0.39 is 34.4 Å². The van der Waals surface area contributed by atoms with Gasteiger partial charge in [-0.2, -0.15) is 5.10 Å². The average Bonchev–Trinajstić information content (AvgIpc) is 3.31. The molecule has 0 aliphatic heterocycles. The lowest BCUT2D eigenvalue weighted by atomic mass is 9.95. The van der Waals surface area contributed by atoms with Crippen molar-refractivity contribution in [2.75, 3.05) is 12.4 Å². The molecule has 3 aromatic rings. The SMILES string of the molecule is COC(=O)c1c(NC(=O)C(=O)N/N=C/c2ccccc2OC(=O)c2ccccc2[N+](=O)[O-])sc2c1CCCC2. The molecule has 0 radical (unpaired) electrons. The Balaban J connectivity index is 1.43. The Morgan fingerprint density at radius 3 is 2.49 bits per heavy atom. The lowest BCUT2D eigenvalue weighted by molar-refractivity contribution is -0.385. The zero-order valence-electron chi connectivity index (χ0n) is 20.6. The maximum Gasteiger partial charge on any atom is 0.350 e. The molecule has 1 aromatic heterocycles. The second-order valence-corrected chi connectivity index (χ2v) is 9.37. The van der Waals surface area contributed by atoms with Gasteiger partial charge in [0.25, 0.3) is 5.69 Å². The largest absolute Gasteiger partial charge is 0.465 e. The molecule has 1 heterocycles. The molecule has 2 aromatic carbocycles. The van der Waals surface area contributed by atoms with Gasteiger partial charge in [0.1, 0.15) is 16.3 Å². The summed E-state index contributed by atoms with van der Waals surface area (Å²) in [7, 11) is 1.25. The monoisotopic (exact) mass is 550 g/mol. The van der Waals surface area contributed by atoms with Crippen LogP contribution in [0.15, 0.2) is 53.6 Å². The Bertz CT molecular complexity index is 1500. The van der Waals surface area contributed by atoms with Gasteiger partial charge in [0.15, 0.2) is 0 Å². The third-order valence-corrected chi connectivity index (χ3v) is 7.01. The fourth-order valence-corrected chi connectivity index (χ4v) is 5.26. The van der Waals surface area contributed by atoms with Crippen molar-refractivity contribution in [3.63, 3.8) is 0 Å². The van der Waals surface area contributed by atoms with Gasteiger partial charge in [-0.25, -0.2) is 15.0 Å². The number of hydrogen-bond acceptors (Lipinski definition) is 10. The molecule has 2 amide bonds. The zero-order valence-corrected chi connectivity index (χ0v) is 21.4. The minimum absolute atomic E-state index is 0.0231. The molecule has 12 nitrogen and oxygen atoms in total. The first-order chi connectivity index (χ1) is 18.8. The number of nitrogens with one attached hydrogen (secondary N) is 2. The Morgan fingerprint density at radius 2 is 1.72 bits per heavy atom. The highest BCUT2D eigenvalue weighted by Gasteiger charge is 2.28. The van der Waals surface area contributed by atoms with E-state index >= 15 is 0 Å². The number of fused-ring (bicyclic) bond motifs is 1. The predicted molar refractivity (Wildman–Crippen MR) is 141 cm³/mol. The average molecular weight is 551 g/mol. The van der Waals surface area contributed by atoms with Crippen LogP contribution in [0.3, 0.4) is 0 Å². The quantitative estimate of drug-likeness (QED) is 0.112. The van der Waals surface area contributed by atoms with E-state index in [0.29, 0.717) is 6.42 Å². The number of hydrogen-bond donors (Lipinski definition) is 2. The summed E-state index contributed by atoms with van der Waals surface area (Å²) < 4.78 is 10.2. The number of nitrogens with zero attached hydrogens (tertiary/aromatic N) is 2. The first kappa shape index (κ1) is 27.1. The molecule has 1 aliphatic carbocycles. The van der Waals surface area contributed by atoms with Gasteiger partial charge in [-0.3, -0.25) is 19.7 Å². The van der Waals surface area contributed by atoms with Gasteiger partial charge < -0.3 is 14.8 Å². The molecule has 200 valence electrons. The number of carbonyl (C=O) groups is 4.